The van der Waals surface area contributed by atoms with Crippen LogP contribution in [-0.4, -0.2) is 7.05 Å². The fourth-order valence-corrected chi connectivity index (χ4v) is 3.00. The minimum Gasteiger partial charge on any atom is -0.396 e. The van der Waals surface area contributed by atoms with E-state index in [9.17, 15) is 0 Å². The lowest BCUT2D eigenvalue weighted by molar-refractivity contribution is 1.36. The van der Waals surface area contributed by atoms with Crippen molar-refractivity contribution in [2.24, 2.45) is 0 Å². The van der Waals surface area contributed by atoms with E-state index in [4.69, 9.17) is 5.73 Å². The molecule has 0 bridgehead atoms. The van der Waals surface area contributed by atoms with Crippen LogP contribution in [0.1, 0.15) is 0 Å². The molecule has 4 heteroatoms. The molecule has 2 rings (SSSR count). The number of hydrogen-bond donors (Lipinski definition) is 2. The van der Waals surface area contributed by atoms with Gasteiger partial charge in [-0.25, -0.2) is 0 Å². The number of nitrogens with one attached hydrogen (secondary N) is 1. The maximum atomic E-state index is 6.13. The number of anilines is 2. The van der Waals surface area contributed by atoms with E-state index >= 15 is 0 Å². The molecule has 0 heterocycles. The van der Waals surface area contributed by atoms with Crippen LogP contribution in [0.25, 0.3) is 0 Å². The molecule has 2 aromatic carbocycles. The summed E-state index contributed by atoms with van der Waals surface area (Å²) in [6, 6.07) is 14.2. The van der Waals surface area contributed by atoms with Crippen molar-refractivity contribution >= 4 is 39.1 Å². The van der Waals surface area contributed by atoms with Gasteiger partial charge in [0.1, 0.15) is 0 Å². The predicted octanol–water partition coefficient (Wildman–Crippen LogP) is 4.22. The number of hydrogen-bond acceptors (Lipinski definition) is 3. The predicted molar refractivity (Wildman–Crippen MR) is 78.7 cm³/mol. The second-order valence-electron chi connectivity index (χ2n) is 3.50. The molecule has 0 amide bonds. The Morgan fingerprint density at radius 3 is 2.47 bits per heavy atom. The molecular formula is C13H13BrN2S. The number of rotatable bonds is 3. The van der Waals surface area contributed by atoms with Crippen LogP contribution >= 0.6 is 27.7 Å². The third-order valence-electron chi connectivity index (χ3n) is 2.38. The summed E-state index contributed by atoms with van der Waals surface area (Å²) >= 11 is 5.20. The Morgan fingerprint density at radius 1 is 1.12 bits per heavy atom. The normalized spacial score (nSPS) is 10.2. The summed E-state index contributed by atoms with van der Waals surface area (Å²) in [5, 5.41) is 3.09. The third-order valence-corrected chi connectivity index (χ3v) is 4.46. The van der Waals surface area contributed by atoms with Crippen LogP contribution in [0.2, 0.25) is 0 Å². The minimum atomic E-state index is 0.774. The van der Waals surface area contributed by atoms with E-state index < -0.39 is 0 Å². The molecule has 0 spiro atoms. The van der Waals surface area contributed by atoms with Gasteiger partial charge in [-0.3, -0.25) is 0 Å². The molecule has 3 N–H and O–H groups in total. The van der Waals surface area contributed by atoms with Gasteiger partial charge in [-0.2, -0.15) is 0 Å². The molecule has 2 nitrogen and oxygen atoms in total. The Labute approximate surface area is 114 Å². The van der Waals surface area contributed by atoms with Crippen molar-refractivity contribution in [3.63, 3.8) is 0 Å². The second kappa shape index (κ2) is 5.47. The summed E-state index contributed by atoms with van der Waals surface area (Å²) in [5.74, 6) is 0. The number of nitrogens with two attached hydrogens (primary N) is 1. The van der Waals surface area contributed by atoms with Gasteiger partial charge in [0.05, 0.1) is 16.3 Å². The Morgan fingerprint density at radius 2 is 1.82 bits per heavy atom. The van der Waals surface area contributed by atoms with Gasteiger partial charge in [0.15, 0.2) is 0 Å². The van der Waals surface area contributed by atoms with Crippen LogP contribution < -0.4 is 11.1 Å². The molecule has 0 unspecified atom stereocenters. The van der Waals surface area contributed by atoms with Gasteiger partial charge in [0, 0.05) is 16.4 Å². The SMILES string of the molecule is CNc1ccc(Br)c(Sc2ccccc2)c1N. The molecule has 17 heavy (non-hydrogen) atoms. The van der Waals surface area contributed by atoms with E-state index in [2.05, 4.69) is 33.4 Å². The molecule has 0 atom stereocenters. The molecule has 88 valence electrons. The van der Waals surface area contributed by atoms with Crippen molar-refractivity contribution in [3.05, 3.63) is 46.9 Å². The molecule has 0 aliphatic carbocycles. The van der Waals surface area contributed by atoms with E-state index in [0.717, 1.165) is 20.7 Å². The first kappa shape index (κ1) is 12.3. The second-order valence-corrected chi connectivity index (χ2v) is 5.44. The summed E-state index contributed by atoms with van der Waals surface area (Å²) < 4.78 is 1.02. The van der Waals surface area contributed by atoms with Crippen molar-refractivity contribution in [3.8, 4) is 0 Å². The van der Waals surface area contributed by atoms with Gasteiger partial charge in [0.25, 0.3) is 0 Å². The molecule has 0 aromatic heterocycles. The smallest absolute Gasteiger partial charge is 0.0703 e. The highest BCUT2D eigenvalue weighted by molar-refractivity contribution is 9.10. The summed E-state index contributed by atoms with van der Waals surface area (Å²) in [5.41, 5.74) is 7.85. The van der Waals surface area contributed by atoms with Crippen molar-refractivity contribution in [1.29, 1.82) is 0 Å². The maximum absolute atomic E-state index is 6.13. The molecule has 0 saturated heterocycles. The van der Waals surface area contributed by atoms with Gasteiger partial charge < -0.3 is 11.1 Å². The largest absolute Gasteiger partial charge is 0.396 e. The first-order valence-corrected chi connectivity index (χ1v) is 6.82. The van der Waals surface area contributed by atoms with Crippen LogP contribution in [0.4, 0.5) is 11.4 Å². The van der Waals surface area contributed by atoms with E-state index in [1.165, 1.54) is 4.90 Å². The quantitative estimate of drug-likeness (QED) is 0.834. The highest BCUT2D eigenvalue weighted by Crippen LogP contribution is 2.40. The zero-order chi connectivity index (χ0) is 12.3. The number of benzene rings is 2. The molecule has 2 aromatic rings. The molecule has 0 aliphatic heterocycles. The fraction of sp³-hybridized carbons (Fsp3) is 0.0769. The van der Waals surface area contributed by atoms with Crippen molar-refractivity contribution < 1.29 is 0 Å². The molecule has 0 radical (unpaired) electrons. The van der Waals surface area contributed by atoms with Crippen LogP contribution in [0.3, 0.4) is 0 Å². The van der Waals surface area contributed by atoms with E-state index in [0.29, 0.717) is 0 Å². The summed E-state index contributed by atoms with van der Waals surface area (Å²) in [6.07, 6.45) is 0. The zero-order valence-corrected chi connectivity index (χ0v) is 11.8. The molecule has 0 saturated carbocycles. The Hall–Kier alpha value is -1.13. The number of halogens is 1. The average molecular weight is 309 g/mol. The van der Waals surface area contributed by atoms with Gasteiger partial charge in [-0.05, 0) is 40.2 Å². The molecule has 0 fully saturated rings. The first-order valence-electron chi connectivity index (χ1n) is 5.21. The highest BCUT2D eigenvalue weighted by atomic mass is 79.9. The lowest BCUT2D eigenvalue weighted by Gasteiger charge is -2.12. The van der Waals surface area contributed by atoms with Gasteiger partial charge in [-0.15, -0.1) is 0 Å². The topological polar surface area (TPSA) is 38.0 Å². The summed E-state index contributed by atoms with van der Waals surface area (Å²) in [6.45, 7) is 0. The standard InChI is InChI=1S/C13H13BrN2S/c1-16-11-8-7-10(14)13(12(11)15)17-9-5-3-2-4-6-9/h2-8,16H,15H2,1H3. The third kappa shape index (κ3) is 2.76. The van der Waals surface area contributed by atoms with Crippen LogP contribution in [-0.2, 0) is 0 Å². The van der Waals surface area contributed by atoms with Crippen molar-refractivity contribution in [2.45, 2.75) is 9.79 Å². The van der Waals surface area contributed by atoms with Crippen molar-refractivity contribution in [2.75, 3.05) is 18.1 Å². The lowest BCUT2D eigenvalue weighted by atomic mass is 10.3. The number of nitrogen functional groups attached to an aromatic ring is 1. The van der Waals surface area contributed by atoms with E-state index in [1.807, 2.05) is 37.4 Å². The minimum absolute atomic E-state index is 0.774. The van der Waals surface area contributed by atoms with Gasteiger partial charge in [-0.1, -0.05) is 30.0 Å². The van der Waals surface area contributed by atoms with Gasteiger partial charge in [0.2, 0.25) is 0 Å². The Bertz CT molecular complexity index is 514. The van der Waals surface area contributed by atoms with Crippen LogP contribution in [0.5, 0.6) is 0 Å². The average Bonchev–Trinajstić information content (AvgIpc) is 2.36. The van der Waals surface area contributed by atoms with Crippen molar-refractivity contribution in [1.82, 2.24) is 0 Å². The van der Waals surface area contributed by atoms with E-state index in [1.54, 1.807) is 11.8 Å². The summed E-state index contributed by atoms with van der Waals surface area (Å²) in [4.78, 5) is 2.22. The summed E-state index contributed by atoms with van der Waals surface area (Å²) in [7, 11) is 1.87. The van der Waals surface area contributed by atoms with Crippen LogP contribution in [0, 0.1) is 0 Å². The first-order chi connectivity index (χ1) is 8.22. The maximum Gasteiger partial charge on any atom is 0.0703 e. The highest BCUT2D eigenvalue weighted by Gasteiger charge is 2.09. The van der Waals surface area contributed by atoms with E-state index in [-0.39, 0.29) is 0 Å². The zero-order valence-electron chi connectivity index (χ0n) is 9.41. The lowest BCUT2D eigenvalue weighted by Crippen LogP contribution is -1.97. The van der Waals surface area contributed by atoms with Crippen LogP contribution in [0.15, 0.2) is 56.7 Å². The molecule has 0 aliphatic rings. The van der Waals surface area contributed by atoms with Gasteiger partial charge >= 0.3 is 0 Å². The Balaban J connectivity index is 2.38. The molecular weight excluding hydrogens is 296 g/mol. The monoisotopic (exact) mass is 308 g/mol. The Kier molecular flexibility index (Phi) is 3.97. The fourth-order valence-electron chi connectivity index (χ4n) is 1.50.